The largest absolute Gasteiger partial charge is 0.493 e. The third-order valence-electron chi connectivity index (χ3n) is 3.07. The average molecular weight is 348 g/mol. The van der Waals surface area contributed by atoms with Gasteiger partial charge in [-0.1, -0.05) is 23.5 Å². The van der Waals surface area contributed by atoms with E-state index in [9.17, 15) is 9.59 Å². The van der Waals surface area contributed by atoms with Crippen LogP contribution in [0.25, 0.3) is 0 Å². The Bertz CT molecular complexity index is 702. The van der Waals surface area contributed by atoms with E-state index in [4.69, 9.17) is 4.74 Å². The van der Waals surface area contributed by atoms with E-state index in [0.29, 0.717) is 42.4 Å². The fourth-order valence-electron chi connectivity index (χ4n) is 2.01. The fourth-order valence-corrected chi connectivity index (χ4v) is 2.62. The molecule has 24 heavy (non-hydrogen) atoms. The molecule has 128 valence electrons. The van der Waals surface area contributed by atoms with Gasteiger partial charge in [-0.15, -0.1) is 10.2 Å². The Labute approximate surface area is 144 Å². The zero-order chi connectivity index (χ0) is 17.4. The standard InChI is InChI=1S/C16H20N4O3S/c1-3-23-13-8-5-4-7-12(13)15(22)17-10-6-9-14(21)18-16-20-19-11(2)24-16/h4-5,7-8H,3,6,9-10H2,1-2H3,(H,17,22)(H,18,20,21). The molecule has 0 saturated heterocycles. The molecule has 1 aromatic carbocycles. The van der Waals surface area contributed by atoms with Gasteiger partial charge in [0.15, 0.2) is 0 Å². The number of nitrogens with zero attached hydrogens (tertiary/aromatic N) is 2. The highest BCUT2D eigenvalue weighted by molar-refractivity contribution is 7.15. The molecule has 2 aromatic rings. The molecule has 0 aliphatic carbocycles. The number of benzene rings is 1. The van der Waals surface area contributed by atoms with Crippen molar-refractivity contribution in [1.29, 1.82) is 0 Å². The monoisotopic (exact) mass is 348 g/mol. The van der Waals surface area contributed by atoms with E-state index in [0.717, 1.165) is 5.01 Å². The van der Waals surface area contributed by atoms with Gasteiger partial charge >= 0.3 is 0 Å². The van der Waals surface area contributed by atoms with Crippen LogP contribution in [-0.4, -0.2) is 35.2 Å². The molecule has 2 N–H and O–H groups in total. The first-order valence-corrected chi connectivity index (χ1v) is 8.51. The van der Waals surface area contributed by atoms with Gasteiger partial charge in [-0.05, 0) is 32.4 Å². The number of aryl methyl sites for hydroxylation is 1. The summed E-state index contributed by atoms with van der Waals surface area (Å²) in [5.41, 5.74) is 0.494. The van der Waals surface area contributed by atoms with Crippen LogP contribution in [0.2, 0.25) is 0 Å². The molecule has 0 aliphatic heterocycles. The second-order valence-corrected chi connectivity index (χ2v) is 6.14. The van der Waals surface area contributed by atoms with Crippen LogP contribution in [0.15, 0.2) is 24.3 Å². The number of rotatable bonds is 8. The van der Waals surface area contributed by atoms with Gasteiger partial charge in [-0.3, -0.25) is 9.59 Å². The van der Waals surface area contributed by atoms with Crippen LogP contribution in [0.5, 0.6) is 5.75 Å². The molecule has 1 heterocycles. The minimum atomic E-state index is -0.209. The first-order valence-electron chi connectivity index (χ1n) is 7.70. The predicted octanol–water partition coefficient (Wildman–Crippen LogP) is 2.39. The van der Waals surface area contributed by atoms with Gasteiger partial charge in [0.1, 0.15) is 10.8 Å². The number of amides is 2. The Morgan fingerprint density at radius 2 is 2.04 bits per heavy atom. The average Bonchev–Trinajstić information content (AvgIpc) is 2.97. The topological polar surface area (TPSA) is 93.2 Å². The number of carbonyl (C=O) groups excluding carboxylic acids is 2. The maximum absolute atomic E-state index is 12.2. The van der Waals surface area contributed by atoms with Crippen LogP contribution in [0, 0.1) is 6.92 Å². The SMILES string of the molecule is CCOc1ccccc1C(=O)NCCCC(=O)Nc1nnc(C)s1. The molecule has 0 spiro atoms. The molecule has 2 rings (SSSR count). The van der Waals surface area contributed by atoms with Crippen LogP contribution >= 0.6 is 11.3 Å². The zero-order valence-corrected chi connectivity index (χ0v) is 14.5. The van der Waals surface area contributed by atoms with Gasteiger partial charge < -0.3 is 15.4 Å². The smallest absolute Gasteiger partial charge is 0.255 e. The summed E-state index contributed by atoms with van der Waals surface area (Å²) in [7, 11) is 0. The maximum Gasteiger partial charge on any atom is 0.255 e. The van der Waals surface area contributed by atoms with E-state index < -0.39 is 0 Å². The van der Waals surface area contributed by atoms with Crippen molar-refractivity contribution < 1.29 is 14.3 Å². The summed E-state index contributed by atoms with van der Waals surface area (Å²) < 4.78 is 5.43. The molecule has 1 aromatic heterocycles. The van der Waals surface area contributed by atoms with Crippen molar-refractivity contribution in [1.82, 2.24) is 15.5 Å². The van der Waals surface area contributed by atoms with Crippen LogP contribution in [0.3, 0.4) is 0 Å². The normalized spacial score (nSPS) is 10.2. The summed E-state index contributed by atoms with van der Waals surface area (Å²) in [4.78, 5) is 23.9. The Balaban J connectivity index is 1.74. The van der Waals surface area contributed by atoms with Crippen LogP contribution in [0.1, 0.15) is 35.1 Å². The van der Waals surface area contributed by atoms with Crippen molar-refractivity contribution in [2.24, 2.45) is 0 Å². The molecule has 0 fully saturated rings. The van der Waals surface area contributed by atoms with Crippen LogP contribution in [-0.2, 0) is 4.79 Å². The third-order valence-corrected chi connectivity index (χ3v) is 3.82. The lowest BCUT2D eigenvalue weighted by atomic mass is 10.2. The summed E-state index contributed by atoms with van der Waals surface area (Å²) in [5, 5.41) is 14.4. The third kappa shape index (κ3) is 5.31. The van der Waals surface area contributed by atoms with E-state index in [2.05, 4.69) is 20.8 Å². The Hall–Kier alpha value is -2.48. The number of anilines is 1. The second-order valence-electron chi connectivity index (χ2n) is 4.96. The molecule has 0 bridgehead atoms. The van der Waals surface area contributed by atoms with Crippen molar-refractivity contribution >= 4 is 28.3 Å². The predicted molar refractivity (Wildman–Crippen MR) is 92.5 cm³/mol. The number of aromatic nitrogens is 2. The molecular weight excluding hydrogens is 328 g/mol. The molecule has 0 atom stereocenters. The molecule has 7 nitrogen and oxygen atoms in total. The lowest BCUT2D eigenvalue weighted by molar-refractivity contribution is -0.116. The number of nitrogens with one attached hydrogen (secondary N) is 2. The second kappa shape index (κ2) is 8.97. The van der Waals surface area contributed by atoms with Gasteiger partial charge in [0.05, 0.1) is 12.2 Å². The number of hydrogen-bond acceptors (Lipinski definition) is 6. The highest BCUT2D eigenvalue weighted by Gasteiger charge is 2.11. The Morgan fingerprint density at radius 1 is 1.25 bits per heavy atom. The quantitative estimate of drug-likeness (QED) is 0.715. The summed E-state index contributed by atoms with van der Waals surface area (Å²) in [5.74, 6) is 0.205. The Morgan fingerprint density at radius 3 is 2.75 bits per heavy atom. The summed E-state index contributed by atoms with van der Waals surface area (Å²) in [6, 6.07) is 7.08. The lowest BCUT2D eigenvalue weighted by Crippen LogP contribution is -2.26. The Kier molecular flexibility index (Phi) is 6.68. The van der Waals surface area contributed by atoms with Gasteiger partial charge in [-0.2, -0.15) is 0 Å². The number of ether oxygens (including phenoxy) is 1. The number of carbonyl (C=O) groups is 2. The van der Waals surface area contributed by atoms with Crippen molar-refractivity contribution in [2.75, 3.05) is 18.5 Å². The summed E-state index contributed by atoms with van der Waals surface area (Å²) in [6.45, 7) is 4.59. The van der Waals surface area contributed by atoms with Crippen molar-refractivity contribution in [3.05, 3.63) is 34.8 Å². The fraction of sp³-hybridized carbons (Fsp3) is 0.375. The molecular formula is C16H20N4O3S. The van der Waals surface area contributed by atoms with Crippen molar-refractivity contribution in [3.63, 3.8) is 0 Å². The molecule has 0 radical (unpaired) electrons. The van der Waals surface area contributed by atoms with Gasteiger partial charge in [0, 0.05) is 13.0 Å². The van der Waals surface area contributed by atoms with E-state index >= 15 is 0 Å². The highest BCUT2D eigenvalue weighted by atomic mass is 32.1. The zero-order valence-electron chi connectivity index (χ0n) is 13.7. The van der Waals surface area contributed by atoms with Crippen LogP contribution < -0.4 is 15.4 Å². The first-order chi connectivity index (χ1) is 11.6. The highest BCUT2D eigenvalue weighted by Crippen LogP contribution is 2.17. The van der Waals surface area contributed by atoms with Crippen LogP contribution in [0.4, 0.5) is 5.13 Å². The van der Waals surface area contributed by atoms with E-state index in [-0.39, 0.29) is 11.8 Å². The van der Waals surface area contributed by atoms with E-state index in [1.165, 1.54) is 11.3 Å². The van der Waals surface area contributed by atoms with Gasteiger partial charge in [0.2, 0.25) is 11.0 Å². The number of para-hydroxylation sites is 1. The summed E-state index contributed by atoms with van der Waals surface area (Å²) >= 11 is 1.33. The van der Waals surface area contributed by atoms with E-state index in [1.54, 1.807) is 18.2 Å². The molecule has 0 aliphatic rings. The minimum absolute atomic E-state index is 0.143. The minimum Gasteiger partial charge on any atom is -0.493 e. The molecule has 8 heteroatoms. The molecule has 2 amide bonds. The first kappa shape index (κ1) is 17.9. The van der Waals surface area contributed by atoms with Gasteiger partial charge in [0.25, 0.3) is 5.91 Å². The van der Waals surface area contributed by atoms with Gasteiger partial charge in [-0.25, -0.2) is 0 Å². The van der Waals surface area contributed by atoms with Crippen molar-refractivity contribution in [2.45, 2.75) is 26.7 Å². The molecule has 0 saturated carbocycles. The molecule has 0 unspecified atom stereocenters. The van der Waals surface area contributed by atoms with E-state index in [1.807, 2.05) is 19.9 Å². The lowest BCUT2D eigenvalue weighted by Gasteiger charge is -2.10. The van der Waals surface area contributed by atoms with Crippen molar-refractivity contribution in [3.8, 4) is 5.75 Å². The number of hydrogen-bond donors (Lipinski definition) is 2. The maximum atomic E-state index is 12.2. The summed E-state index contributed by atoms with van der Waals surface area (Å²) in [6.07, 6.45) is 0.832.